The van der Waals surface area contributed by atoms with E-state index in [-0.39, 0.29) is 16.8 Å². The zero-order chi connectivity index (χ0) is 28.1. The Morgan fingerprint density at radius 3 is 2.55 bits per heavy atom. The summed E-state index contributed by atoms with van der Waals surface area (Å²) in [5.74, 6) is -0.312. The van der Waals surface area contributed by atoms with Gasteiger partial charge in [-0.15, -0.1) is 0 Å². The van der Waals surface area contributed by atoms with Gasteiger partial charge in [0.1, 0.15) is 0 Å². The van der Waals surface area contributed by atoms with Crippen LogP contribution in [0.2, 0.25) is 0 Å². The number of amides is 1. The van der Waals surface area contributed by atoms with Crippen molar-refractivity contribution in [2.45, 2.75) is 50.5 Å². The number of nitrogens with zero attached hydrogens (tertiary/aromatic N) is 4. The molecule has 2 aromatic carbocycles. The molecule has 1 aliphatic heterocycles. The molecule has 1 saturated heterocycles. The van der Waals surface area contributed by atoms with Crippen LogP contribution in [0, 0.1) is 0 Å². The van der Waals surface area contributed by atoms with Crippen molar-refractivity contribution < 1.29 is 13.2 Å². The molecule has 40 heavy (non-hydrogen) atoms. The van der Waals surface area contributed by atoms with E-state index in [0.717, 1.165) is 36.6 Å². The third-order valence-electron chi connectivity index (χ3n) is 7.31. The lowest BCUT2D eigenvalue weighted by molar-refractivity contribution is 0.102. The second kappa shape index (κ2) is 12.1. The zero-order valence-electron chi connectivity index (χ0n) is 23.0. The number of rotatable bonds is 10. The van der Waals surface area contributed by atoms with Crippen LogP contribution < -0.4 is 10.2 Å². The molecule has 1 amide bonds. The van der Waals surface area contributed by atoms with Gasteiger partial charge in [0.25, 0.3) is 5.91 Å². The molecule has 208 valence electrons. The summed E-state index contributed by atoms with van der Waals surface area (Å²) < 4.78 is 29.0. The molecule has 2 aromatic heterocycles. The van der Waals surface area contributed by atoms with E-state index in [9.17, 15) is 13.2 Å². The van der Waals surface area contributed by atoms with Gasteiger partial charge in [-0.1, -0.05) is 38.1 Å². The normalized spacial score (nSPS) is 15.6. The summed E-state index contributed by atoms with van der Waals surface area (Å²) in [5, 5.41) is 3.96. The van der Waals surface area contributed by atoms with Crippen LogP contribution in [-0.4, -0.2) is 48.2 Å². The van der Waals surface area contributed by atoms with Crippen molar-refractivity contribution in [2.24, 2.45) is 0 Å². The Morgan fingerprint density at radius 2 is 1.80 bits per heavy atom. The van der Waals surface area contributed by atoms with E-state index in [1.165, 1.54) is 4.31 Å². The SMILES string of the molecule is CCCN(CCC)S(=O)(=O)c1ccc(C(=O)Nc2cccc3cccnc23)c(N2CCCC2c2cccnc2)c1. The Kier molecular flexibility index (Phi) is 8.42. The number of anilines is 2. The van der Waals surface area contributed by atoms with Crippen molar-refractivity contribution in [3.63, 3.8) is 0 Å². The summed E-state index contributed by atoms with van der Waals surface area (Å²) in [7, 11) is -3.74. The maximum atomic E-state index is 13.8. The highest BCUT2D eigenvalue weighted by Gasteiger charge is 2.32. The topological polar surface area (TPSA) is 95.5 Å². The number of aromatic nitrogens is 2. The van der Waals surface area contributed by atoms with Crippen LogP contribution >= 0.6 is 0 Å². The molecule has 1 N–H and O–H groups in total. The molecule has 1 fully saturated rings. The number of hydrogen-bond acceptors (Lipinski definition) is 6. The van der Waals surface area contributed by atoms with Crippen molar-refractivity contribution >= 4 is 38.2 Å². The van der Waals surface area contributed by atoms with E-state index < -0.39 is 10.0 Å². The number of fused-ring (bicyclic) bond motifs is 1. The summed E-state index contributed by atoms with van der Waals surface area (Å²) in [6, 6.07) is 18.3. The van der Waals surface area contributed by atoms with Crippen LogP contribution in [0.25, 0.3) is 10.9 Å². The fourth-order valence-electron chi connectivity index (χ4n) is 5.47. The highest BCUT2D eigenvalue weighted by Crippen LogP contribution is 2.39. The van der Waals surface area contributed by atoms with Crippen LogP contribution in [0.15, 0.2) is 84.1 Å². The molecule has 1 unspecified atom stereocenters. The van der Waals surface area contributed by atoms with Gasteiger partial charge in [-0.2, -0.15) is 4.31 Å². The first-order valence-electron chi connectivity index (χ1n) is 13.9. The zero-order valence-corrected chi connectivity index (χ0v) is 23.8. The second-order valence-electron chi connectivity index (χ2n) is 10.1. The van der Waals surface area contributed by atoms with Gasteiger partial charge < -0.3 is 10.2 Å². The van der Waals surface area contributed by atoms with E-state index >= 15 is 0 Å². The van der Waals surface area contributed by atoms with Crippen LogP contribution in [0.5, 0.6) is 0 Å². The molecular formula is C31H35N5O3S. The Bertz CT molecular complexity index is 1580. The maximum absolute atomic E-state index is 13.8. The second-order valence-corrected chi connectivity index (χ2v) is 12.0. The molecular weight excluding hydrogens is 522 g/mol. The molecule has 1 aliphatic rings. The number of carbonyl (C=O) groups is 1. The first kappa shape index (κ1) is 27.7. The molecule has 0 radical (unpaired) electrons. The van der Waals surface area contributed by atoms with E-state index in [1.54, 1.807) is 30.6 Å². The lowest BCUT2D eigenvalue weighted by Gasteiger charge is -2.30. The van der Waals surface area contributed by atoms with Crippen molar-refractivity contribution in [3.05, 3.63) is 90.4 Å². The minimum Gasteiger partial charge on any atom is -0.364 e. The van der Waals surface area contributed by atoms with Crippen LogP contribution in [0.1, 0.15) is 61.5 Å². The average molecular weight is 558 g/mol. The third-order valence-corrected chi connectivity index (χ3v) is 9.20. The summed E-state index contributed by atoms with van der Waals surface area (Å²) in [5.41, 5.74) is 3.36. The number of sulfonamides is 1. The number of carbonyl (C=O) groups excluding carboxylic acids is 1. The fourth-order valence-corrected chi connectivity index (χ4v) is 7.12. The van der Waals surface area contributed by atoms with E-state index in [4.69, 9.17) is 0 Å². The van der Waals surface area contributed by atoms with Crippen molar-refractivity contribution in [2.75, 3.05) is 29.9 Å². The third kappa shape index (κ3) is 5.57. The summed E-state index contributed by atoms with van der Waals surface area (Å²) >= 11 is 0. The summed E-state index contributed by atoms with van der Waals surface area (Å²) in [4.78, 5) is 25.0. The van der Waals surface area contributed by atoms with Crippen molar-refractivity contribution in [1.82, 2.24) is 14.3 Å². The molecule has 0 aliphatic carbocycles. The number of para-hydroxylation sites is 1. The van der Waals surface area contributed by atoms with Gasteiger partial charge in [0, 0.05) is 43.6 Å². The van der Waals surface area contributed by atoms with Gasteiger partial charge in [-0.05, 0) is 67.6 Å². The molecule has 9 heteroatoms. The Morgan fingerprint density at radius 1 is 1.02 bits per heavy atom. The lowest BCUT2D eigenvalue weighted by atomic mass is 10.0. The Hall–Kier alpha value is -3.82. The molecule has 0 spiro atoms. The van der Waals surface area contributed by atoms with Gasteiger partial charge in [0.05, 0.1) is 33.4 Å². The maximum Gasteiger partial charge on any atom is 0.257 e. The van der Waals surface area contributed by atoms with Crippen molar-refractivity contribution in [1.29, 1.82) is 0 Å². The van der Waals surface area contributed by atoms with E-state index in [2.05, 4.69) is 20.2 Å². The van der Waals surface area contributed by atoms with Gasteiger partial charge in [0.15, 0.2) is 0 Å². The van der Waals surface area contributed by atoms with Crippen LogP contribution in [0.4, 0.5) is 11.4 Å². The molecule has 1 atom stereocenters. The quantitative estimate of drug-likeness (QED) is 0.256. The summed E-state index contributed by atoms with van der Waals surface area (Å²) in [6.45, 7) is 5.55. The number of pyridine rings is 2. The fraction of sp³-hybridized carbons (Fsp3) is 0.323. The number of benzene rings is 2. The highest BCUT2D eigenvalue weighted by molar-refractivity contribution is 7.89. The minimum atomic E-state index is -3.74. The van der Waals surface area contributed by atoms with Gasteiger partial charge in [-0.3, -0.25) is 14.8 Å². The Labute approximate surface area is 236 Å². The monoisotopic (exact) mass is 557 g/mol. The largest absolute Gasteiger partial charge is 0.364 e. The highest BCUT2D eigenvalue weighted by atomic mass is 32.2. The molecule has 8 nitrogen and oxygen atoms in total. The first-order valence-corrected chi connectivity index (χ1v) is 15.3. The van der Waals surface area contributed by atoms with Gasteiger partial charge >= 0.3 is 0 Å². The van der Waals surface area contributed by atoms with E-state index in [1.807, 2.05) is 62.5 Å². The molecule has 4 aromatic rings. The van der Waals surface area contributed by atoms with E-state index in [0.29, 0.717) is 42.1 Å². The predicted molar refractivity (Wildman–Crippen MR) is 159 cm³/mol. The predicted octanol–water partition coefficient (Wildman–Crippen LogP) is 6.03. The number of hydrogen-bond donors (Lipinski definition) is 1. The Balaban J connectivity index is 1.59. The molecule has 0 bridgehead atoms. The minimum absolute atomic E-state index is 0.0141. The molecule has 3 heterocycles. The molecule has 5 rings (SSSR count). The van der Waals surface area contributed by atoms with Crippen LogP contribution in [-0.2, 0) is 10.0 Å². The average Bonchev–Trinajstić information content (AvgIpc) is 3.47. The molecule has 0 saturated carbocycles. The first-order chi connectivity index (χ1) is 19.4. The van der Waals surface area contributed by atoms with Gasteiger partial charge in [0.2, 0.25) is 10.0 Å². The van der Waals surface area contributed by atoms with Crippen LogP contribution in [0.3, 0.4) is 0 Å². The smallest absolute Gasteiger partial charge is 0.257 e. The number of nitrogens with one attached hydrogen (secondary N) is 1. The summed E-state index contributed by atoms with van der Waals surface area (Å²) in [6.07, 6.45) is 8.53. The van der Waals surface area contributed by atoms with Gasteiger partial charge in [-0.25, -0.2) is 8.42 Å². The lowest BCUT2D eigenvalue weighted by Crippen LogP contribution is -2.33. The van der Waals surface area contributed by atoms with Crippen molar-refractivity contribution in [3.8, 4) is 0 Å². The standard InChI is InChI=1S/C31H35N5O3S/c1-3-18-35(19-4-2)40(38,39)25-14-15-26(31(37)34-27-12-5-9-23-10-7-17-33-30(23)27)29(21-25)36-20-8-13-28(36)24-11-6-16-32-22-24/h5-7,9-12,14-17,21-22,28H,3-4,8,13,18-20H2,1-2H3,(H,34,37).